The molecule has 0 aliphatic rings. The van der Waals surface area contributed by atoms with Gasteiger partial charge < -0.3 is 9.84 Å². The minimum absolute atomic E-state index is 0.153. The van der Waals surface area contributed by atoms with Crippen molar-refractivity contribution >= 4 is 17.7 Å². The van der Waals surface area contributed by atoms with Gasteiger partial charge in [-0.15, -0.1) is 0 Å². The molecule has 1 unspecified atom stereocenters. The summed E-state index contributed by atoms with van der Waals surface area (Å²) in [6.07, 6.45) is 52.2. The molecule has 0 aromatic rings. The smallest absolute Gasteiger partial charge is 0.375 e. The zero-order valence-electron chi connectivity index (χ0n) is 35.6. The summed E-state index contributed by atoms with van der Waals surface area (Å²) in [5, 5.41) is 9.52. The highest BCUT2D eigenvalue weighted by atomic mass is 16.6. The Morgan fingerprint density at radius 2 is 0.698 bits per heavy atom. The Balaban J connectivity index is 3.57. The molecule has 0 aliphatic carbocycles. The van der Waals surface area contributed by atoms with Gasteiger partial charge in [0.05, 0.1) is 0 Å². The van der Waals surface area contributed by atoms with Crippen molar-refractivity contribution in [2.75, 3.05) is 0 Å². The third-order valence-electron chi connectivity index (χ3n) is 11.0. The molecular formula is C48H90O5. The molecule has 0 aromatic heterocycles. The Bertz CT molecular complexity index is 821. The normalized spacial score (nSPS) is 12.1. The third-order valence-corrected chi connectivity index (χ3v) is 11.0. The van der Waals surface area contributed by atoms with Crippen LogP contribution in [0.5, 0.6) is 0 Å². The molecule has 0 spiro atoms. The molecule has 312 valence electrons. The molecule has 5 nitrogen and oxygen atoms in total. The van der Waals surface area contributed by atoms with Gasteiger partial charge in [-0.25, -0.2) is 9.59 Å². The first-order valence-corrected chi connectivity index (χ1v) is 23.6. The van der Waals surface area contributed by atoms with Crippen molar-refractivity contribution in [3.63, 3.8) is 0 Å². The fourth-order valence-electron chi connectivity index (χ4n) is 7.35. The predicted octanol–water partition coefficient (Wildman–Crippen LogP) is 15.8. The van der Waals surface area contributed by atoms with Crippen LogP contribution in [0.2, 0.25) is 0 Å². The van der Waals surface area contributed by atoms with Crippen molar-refractivity contribution < 1.29 is 24.2 Å². The highest BCUT2D eigenvalue weighted by Crippen LogP contribution is 2.17. The van der Waals surface area contributed by atoms with Crippen LogP contribution in [0, 0.1) is 0 Å². The lowest BCUT2D eigenvalue weighted by Gasteiger charge is -2.13. The van der Waals surface area contributed by atoms with Gasteiger partial charge in [0.2, 0.25) is 5.78 Å². The SMILES string of the molecule is CCCCCCCCC=CCCCCCCCCCCCCC(OC(=O)C(=O)CCCCCCCCCCCCCCCCCCCCCC)C(=O)O. The lowest BCUT2D eigenvalue weighted by atomic mass is 10.0. The van der Waals surface area contributed by atoms with Crippen LogP contribution in [0.3, 0.4) is 0 Å². The van der Waals surface area contributed by atoms with E-state index in [0.717, 1.165) is 32.1 Å². The average Bonchev–Trinajstić information content (AvgIpc) is 3.15. The summed E-state index contributed by atoms with van der Waals surface area (Å²) in [4.78, 5) is 36.2. The molecule has 1 N–H and O–H groups in total. The number of ether oxygens (including phenoxy) is 1. The maximum atomic E-state index is 12.3. The maximum Gasteiger partial charge on any atom is 0.375 e. The second kappa shape index (κ2) is 43.1. The van der Waals surface area contributed by atoms with Crippen molar-refractivity contribution in [2.24, 2.45) is 0 Å². The van der Waals surface area contributed by atoms with E-state index in [-0.39, 0.29) is 12.8 Å². The van der Waals surface area contributed by atoms with E-state index in [1.54, 1.807) is 0 Å². The minimum atomic E-state index is -1.22. The highest BCUT2D eigenvalue weighted by molar-refractivity contribution is 6.33. The van der Waals surface area contributed by atoms with Crippen LogP contribution in [0.1, 0.15) is 271 Å². The van der Waals surface area contributed by atoms with Gasteiger partial charge in [0, 0.05) is 6.42 Å². The minimum Gasteiger partial charge on any atom is -0.479 e. The molecule has 0 amide bonds. The number of esters is 1. The van der Waals surface area contributed by atoms with Crippen LogP contribution in [0.25, 0.3) is 0 Å². The first-order valence-electron chi connectivity index (χ1n) is 23.6. The number of allylic oxidation sites excluding steroid dienone is 2. The number of unbranched alkanes of at least 4 members (excludes halogenated alkanes) is 35. The van der Waals surface area contributed by atoms with Crippen LogP contribution in [-0.2, 0) is 19.1 Å². The van der Waals surface area contributed by atoms with Gasteiger partial charge in [-0.1, -0.05) is 231 Å². The van der Waals surface area contributed by atoms with Gasteiger partial charge in [-0.2, -0.15) is 0 Å². The van der Waals surface area contributed by atoms with Crippen LogP contribution >= 0.6 is 0 Å². The second-order valence-corrected chi connectivity index (χ2v) is 16.3. The Hall–Kier alpha value is -1.65. The predicted molar refractivity (Wildman–Crippen MR) is 228 cm³/mol. The van der Waals surface area contributed by atoms with Crippen molar-refractivity contribution in [2.45, 2.75) is 277 Å². The molecule has 0 fully saturated rings. The van der Waals surface area contributed by atoms with Gasteiger partial charge in [0.15, 0.2) is 6.10 Å². The van der Waals surface area contributed by atoms with E-state index < -0.39 is 23.8 Å². The first-order chi connectivity index (χ1) is 26.0. The van der Waals surface area contributed by atoms with Crippen LogP contribution in [0.15, 0.2) is 12.2 Å². The molecule has 0 radical (unpaired) electrons. The first kappa shape index (κ1) is 51.4. The fraction of sp³-hybridized carbons (Fsp3) is 0.896. The average molecular weight is 747 g/mol. The Morgan fingerprint density at radius 1 is 0.415 bits per heavy atom. The van der Waals surface area contributed by atoms with E-state index in [4.69, 9.17) is 4.74 Å². The van der Waals surface area contributed by atoms with E-state index in [9.17, 15) is 19.5 Å². The molecule has 53 heavy (non-hydrogen) atoms. The number of carbonyl (C=O) groups is 3. The largest absolute Gasteiger partial charge is 0.479 e. The van der Waals surface area contributed by atoms with Gasteiger partial charge in [0.1, 0.15) is 0 Å². The number of carboxylic acid groups (broad SMARTS) is 1. The van der Waals surface area contributed by atoms with Crippen molar-refractivity contribution in [1.82, 2.24) is 0 Å². The summed E-state index contributed by atoms with van der Waals surface area (Å²) in [7, 11) is 0. The molecule has 5 heteroatoms. The number of carbonyl (C=O) groups excluding carboxylic acids is 2. The number of hydrogen-bond acceptors (Lipinski definition) is 4. The van der Waals surface area contributed by atoms with E-state index in [1.807, 2.05) is 0 Å². The standard InChI is InChI=1S/C48H90O5/c1-3-5-7-9-11-13-15-17-19-21-23-25-27-29-31-33-35-37-39-41-43-45(49)48(52)53-46(47(50)51)44-42-40-38-36-34-32-30-28-26-24-22-20-18-16-14-12-10-8-6-4-2/h18,20,46H,3-17,19,21-44H2,1-2H3,(H,50,51). The van der Waals surface area contributed by atoms with E-state index in [0.29, 0.717) is 12.8 Å². The Kier molecular flexibility index (Phi) is 41.7. The van der Waals surface area contributed by atoms with Crippen molar-refractivity contribution in [1.29, 1.82) is 0 Å². The molecule has 0 bridgehead atoms. The molecule has 1 atom stereocenters. The molecule has 0 aromatic carbocycles. The molecule has 0 aliphatic heterocycles. The zero-order chi connectivity index (χ0) is 38.7. The van der Waals surface area contributed by atoms with Crippen molar-refractivity contribution in [3.05, 3.63) is 12.2 Å². The molecule has 0 saturated heterocycles. The second-order valence-electron chi connectivity index (χ2n) is 16.3. The quantitative estimate of drug-likeness (QED) is 0.0291. The van der Waals surface area contributed by atoms with Gasteiger partial charge in [0.25, 0.3) is 0 Å². The summed E-state index contributed by atoms with van der Waals surface area (Å²) in [5.41, 5.74) is 0. The number of aliphatic carboxylic acids is 1. The van der Waals surface area contributed by atoms with E-state index >= 15 is 0 Å². The number of Topliss-reactive ketones (excluding diaryl/α,β-unsaturated/α-hetero) is 1. The Morgan fingerprint density at radius 3 is 1.02 bits per heavy atom. The summed E-state index contributed by atoms with van der Waals surface area (Å²) in [6, 6.07) is 0. The van der Waals surface area contributed by atoms with Crippen LogP contribution < -0.4 is 0 Å². The van der Waals surface area contributed by atoms with E-state index in [1.165, 1.54) is 199 Å². The number of ketones is 1. The number of hydrogen-bond donors (Lipinski definition) is 1. The summed E-state index contributed by atoms with van der Waals surface area (Å²) in [5.74, 6) is -2.71. The monoisotopic (exact) mass is 747 g/mol. The summed E-state index contributed by atoms with van der Waals surface area (Å²) >= 11 is 0. The molecule has 0 saturated carbocycles. The topological polar surface area (TPSA) is 80.7 Å². The van der Waals surface area contributed by atoms with Gasteiger partial charge in [-0.3, -0.25) is 4.79 Å². The van der Waals surface area contributed by atoms with Gasteiger partial charge in [-0.05, 0) is 44.9 Å². The molecule has 0 rings (SSSR count). The maximum absolute atomic E-state index is 12.3. The van der Waals surface area contributed by atoms with Gasteiger partial charge >= 0.3 is 11.9 Å². The summed E-state index contributed by atoms with van der Waals surface area (Å²) < 4.78 is 5.12. The number of carboxylic acids is 1. The summed E-state index contributed by atoms with van der Waals surface area (Å²) in [6.45, 7) is 4.55. The highest BCUT2D eigenvalue weighted by Gasteiger charge is 2.25. The van der Waals surface area contributed by atoms with E-state index in [2.05, 4.69) is 26.0 Å². The molecular weight excluding hydrogens is 657 g/mol. The fourth-order valence-corrected chi connectivity index (χ4v) is 7.35. The third kappa shape index (κ3) is 39.8. The lowest BCUT2D eigenvalue weighted by molar-refractivity contribution is -0.167. The van der Waals surface area contributed by atoms with Crippen molar-refractivity contribution in [3.8, 4) is 0 Å². The zero-order valence-corrected chi connectivity index (χ0v) is 35.6. The Labute approximate surface area is 330 Å². The number of rotatable bonds is 44. The molecule has 0 heterocycles. The van der Waals surface area contributed by atoms with Crippen LogP contribution in [-0.4, -0.2) is 28.9 Å². The lowest BCUT2D eigenvalue weighted by Crippen LogP contribution is -2.30. The van der Waals surface area contributed by atoms with Crippen LogP contribution in [0.4, 0.5) is 0 Å².